The Bertz CT molecular complexity index is 1170. The van der Waals surface area contributed by atoms with Gasteiger partial charge in [-0.2, -0.15) is 5.10 Å². The Kier molecular flexibility index (Phi) is 2.96. The summed E-state index contributed by atoms with van der Waals surface area (Å²) in [5.41, 5.74) is 5.56. The first-order valence-electron chi connectivity index (χ1n) is 8.16. The number of aryl methyl sites for hydroxylation is 1. The Balaban J connectivity index is 1.48. The fourth-order valence-electron chi connectivity index (χ4n) is 2.94. The van der Waals surface area contributed by atoms with Gasteiger partial charge < -0.3 is 4.40 Å². The number of nitrogens with zero attached hydrogens (tertiary/aromatic N) is 7. The zero-order valence-corrected chi connectivity index (χ0v) is 13.7. The topological polar surface area (TPSA) is 81.6 Å². The van der Waals surface area contributed by atoms with Crippen molar-refractivity contribution in [2.45, 2.75) is 20.0 Å². The molecule has 124 valence electrons. The zero-order valence-electron chi connectivity index (χ0n) is 13.7. The highest BCUT2D eigenvalue weighted by atomic mass is 15.4. The SMILES string of the molecule is CCn1cc(-c2cnc3[nH]n(Cc4ccc5nccn5c4)c3n2)cn1. The van der Waals surface area contributed by atoms with Gasteiger partial charge in [0.15, 0.2) is 11.3 Å². The third-order valence-electron chi connectivity index (χ3n) is 4.29. The van der Waals surface area contributed by atoms with E-state index < -0.39 is 0 Å². The van der Waals surface area contributed by atoms with Gasteiger partial charge in [0.05, 0.1) is 24.6 Å². The molecule has 8 nitrogen and oxygen atoms in total. The minimum absolute atomic E-state index is 0.702. The second-order valence-corrected chi connectivity index (χ2v) is 5.94. The third-order valence-corrected chi connectivity index (χ3v) is 4.29. The molecule has 0 saturated carbocycles. The van der Waals surface area contributed by atoms with Crippen molar-refractivity contribution in [3.8, 4) is 11.3 Å². The van der Waals surface area contributed by atoms with Crippen molar-refractivity contribution in [1.29, 1.82) is 0 Å². The van der Waals surface area contributed by atoms with E-state index in [0.29, 0.717) is 6.54 Å². The number of nitrogens with one attached hydrogen (secondary N) is 1. The van der Waals surface area contributed by atoms with E-state index in [1.807, 2.05) is 38.4 Å². The molecule has 8 heteroatoms. The molecule has 0 atom stereocenters. The van der Waals surface area contributed by atoms with Crippen LogP contribution >= 0.6 is 0 Å². The number of pyridine rings is 1. The van der Waals surface area contributed by atoms with E-state index in [9.17, 15) is 0 Å². The van der Waals surface area contributed by atoms with E-state index >= 15 is 0 Å². The van der Waals surface area contributed by atoms with Crippen LogP contribution in [0.25, 0.3) is 28.2 Å². The average molecular weight is 332 g/mol. The van der Waals surface area contributed by atoms with Gasteiger partial charge in [0.2, 0.25) is 0 Å². The molecule has 0 bridgehead atoms. The summed E-state index contributed by atoms with van der Waals surface area (Å²) in [7, 11) is 0. The van der Waals surface area contributed by atoms with Crippen LogP contribution in [0.15, 0.2) is 49.3 Å². The molecule has 0 spiro atoms. The largest absolute Gasteiger partial charge is 0.307 e. The molecule has 0 aliphatic rings. The van der Waals surface area contributed by atoms with E-state index in [1.54, 1.807) is 12.4 Å². The molecule has 0 unspecified atom stereocenters. The summed E-state index contributed by atoms with van der Waals surface area (Å²) in [4.78, 5) is 13.4. The van der Waals surface area contributed by atoms with E-state index in [-0.39, 0.29) is 0 Å². The number of imidazole rings is 1. The zero-order chi connectivity index (χ0) is 16.8. The van der Waals surface area contributed by atoms with Gasteiger partial charge in [0.1, 0.15) is 5.65 Å². The number of aromatic nitrogens is 8. The van der Waals surface area contributed by atoms with Crippen molar-refractivity contribution in [3.63, 3.8) is 0 Å². The lowest BCUT2D eigenvalue weighted by atomic mass is 10.2. The number of aromatic amines is 1. The van der Waals surface area contributed by atoms with Gasteiger partial charge in [-0.05, 0) is 18.6 Å². The van der Waals surface area contributed by atoms with Crippen LogP contribution in [0.4, 0.5) is 0 Å². The highest BCUT2D eigenvalue weighted by Crippen LogP contribution is 2.20. The molecule has 25 heavy (non-hydrogen) atoms. The van der Waals surface area contributed by atoms with Crippen LogP contribution in [0.1, 0.15) is 12.5 Å². The number of hydrogen-bond acceptors (Lipinski definition) is 4. The van der Waals surface area contributed by atoms with Crippen LogP contribution < -0.4 is 0 Å². The fraction of sp³-hybridized carbons (Fsp3) is 0.176. The number of rotatable bonds is 4. The summed E-state index contributed by atoms with van der Waals surface area (Å²) in [6.45, 7) is 3.60. The van der Waals surface area contributed by atoms with Gasteiger partial charge in [-0.3, -0.25) is 14.5 Å². The van der Waals surface area contributed by atoms with Crippen LogP contribution in [0.3, 0.4) is 0 Å². The summed E-state index contributed by atoms with van der Waals surface area (Å²) in [5.74, 6) is 0. The first kappa shape index (κ1) is 14.0. The van der Waals surface area contributed by atoms with Gasteiger partial charge >= 0.3 is 0 Å². The Labute approximate surface area is 142 Å². The van der Waals surface area contributed by atoms with E-state index in [4.69, 9.17) is 4.98 Å². The lowest BCUT2D eigenvalue weighted by molar-refractivity contribution is 0.659. The molecule has 5 heterocycles. The summed E-state index contributed by atoms with van der Waals surface area (Å²) >= 11 is 0. The van der Waals surface area contributed by atoms with E-state index in [0.717, 1.165) is 40.3 Å². The third kappa shape index (κ3) is 2.30. The second-order valence-electron chi connectivity index (χ2n) is 5.94. The van der Waals surface area contributed by atoms with Crippen molar-refractivity contribution in [3.05, 3.63) is 54.9 Å². The lowest BCUT2D eigenvalue weighted by Gasteiger charge is -2.15. The molecule has 0 radical (unpaired) electrons. The predicted octanol–water partition coefficient (Wildman–Crippen LogP) is 2.34. The minimum Gasteiger partial charge on any atom is -0.307 e. The van der Waals surface area contributed by atoms with Gasteiger partial charge in [-0.1, -0.05) is 6.07 Å². The Hall–Kier alpha value is -3.42. The first-order chi connectivity index (χ1) is 12.3. The Morgan fingerprint density at radius 1 is 1.12 bits per heavy atom. The van der Waals surface area contributed by atoms with Gasteiger partial charge in [0, 0.05) is 36.9 Å². The van der Waals surface area contributed by atoms with Crippen molar-refractivity contribution >= 4 is 16.9 Å². The molecule has 5 aromatic rings. The van der Waals surface area contributed by atoms with E-state index in [1.165, 1.54) is 0 Å². The monoisotopic (exact) mass is 332 g/mol. The maximum Gasteiger partial charge on any atom is 0.193 e. The average Bonchev–Trinajstić information content (AvgIpc) is 3.28. The number of hydrogen-bond donors (Lipinski definition) is 1. The van der Waals surface area contributed by atoms with Crippen LogP contribution in [-0.2, 0) is 13.1 Å². The number of H-pyrrole nitrogens is 1. The molecule has 5 aromatic heterocycles. The summed E-state index contributed by atoms with van der Waals surface area (Å²) in [6.07, 6.45) is 11.4. The molecule has 0 fully saturated rings. The van der Waals surface area contributed by atoms with Gasteiger partial charge in [-0.25, -0.2) is 15.0 Å². The summed E-state index contributed by atoms with van der Waals surface area (Å²) in [6, 6.07) is 4.09. The fourth-order valence-corrected chi connectivity index (χ4v) is 2.94. The lowest BCUT2D eigenvalue weighted by Crippen LogP contribution is -2.15. The van der Waals surface area contributed by atoms with Crippen molar-refractivity contribution in [1.82, 2.24) is 38.9 Å². The Morgan fingerprint density at radius 3 is 2.96 bits per heavy atom. The van der Waals surface area contributed by atoms with Gasteiger partial charge in [0.25, 0.3) is 0 Å². The van der Waals surface area contributed by atoms with Crippen molar-refractivity contribution < 1.29 is 0 Å². The molecule has 0 amide bonds. The molecule has 0 aromatic carbocycles. The maximum absolute atomic E-state index is 4.74. The molecular weight excluding hydrogens is 316 g/mol. The molecule has 0 aliphatic carbocycles. The van der Waals surface area contributed by atoms with Crippen LogP contribution in [0.5, 0.6) is 0 Å². The molecule has 0 saturated heterocycles. The van der Waals surface area contributed by atoms with Crippen molar-refractivity contribution in [2.75, 3.05) is 0 Å². The standard InChI is InChI=1S/C17H16N8/c1-2-24-11-13(7-20-24)14-8-19-16-17(21-14)25(22-16)10-12-3-4-15-18-5-6-23(15)9-12/h3-9,11H,2,10H2,1H3,(H,19,22). The smallest absolute Gasteiger partial charge is 0.193 e. The quantitative estimate of drug-likeness (QED) is 0.548. The van der Waals surface area contributed by atoms with E-state index in [2.05, 4.69) is 39.4 Å². The molecule has 1 N–H and O–H groups in total. The summed E-state index contributed by atoms with van der Waals surface area (Å²) in [5, 5.41) is 7.53. The second kappa shape index (κ2) is 5.30. The van der Waals surface area contributed by atoms with Gasteiger partial charge in [-0.15, -0.1) is 0 Å². The highest BCUT2D eigenvalue weighted by Gasteiger charge is 2.12. The van der Waals surface area contributed by atoms with Crippen LogP contribution in [0, 0.1) is 0 Å². The minimum atomic E-state index is 0.702. The summed E-state index contributed by atoms with van der Waals surface area (Å²) < 4.78 is 5.89. The highest BCUT2D eigenvalue weighted by molar-refractivity contribution is 5.71. The first-order valence-corrected chi connectivity index (χ1v) is 8.16. The predicted molar refractivity (Wildman–Crippen MR) is 93.1 cm³/mol. The Morgan fingerprint density at radius 2 is 2.08 bits per heavy atom. The number of fused-ring (bicyclic) bond motifs is 2. The molecule has 5 rings (SSSR count). The van der Waals surface area contributed by atoms with Crippen LogP contribution in [0.2, 0.25) is 0 Å². The molecule has 0 aliphatic heterocycles. The van der Waals surface area contributed by atoms with Crippen molar-refractivity contribution in [2.24, 2.45) is 0 Å². The van der Waals surface area contributed by atoms with Crippen LogP contribution in [-0.4, -0.2) is 38.9 Å². The maximum atomic E-state index is 4.74. The molecular formula is C17H16N8. The normalized spacial score (nSPS) is 11.7.